The number of unbranched alkanes of at least 4 members (excludes halogenated alkanes) is 1. The molecule has 0 heterocycles. The van der Waals surface area contributed by atoms with Gasteiger partial charge < -0.3 is 30.7 Å². The fourth-order valence-corrected chi connectivity index (χ4v) is 4.15. The molecule has 0 spiro atoms. The first kappa shape index (κ1) is 39.4. The van der Waals surface area contributed by atoms with Crippen molar-refractivity contribution in [2.24, 2.45) is 5.92 Å². The number of alkyl carbamates (subject to hydrolysis) is 1. The molecule has 48 heavy (non-hydrogen) atoms. The van der Waals surface area contributed by atoms with E-state index in [0.717, 1.165) is 6.07 Å². The van der Waals surface area contributed by atoms with Crippen molar-refractivity contribution in [1.29, 1.82) is 0 Å². The van der Waals surface area contributed by atoms with Crippen LogP contribution in [-0.4, -0.2) is 60.4 Å². The van der Waals surface area contributed by atoms with Crippen molar-refractivity contribution in [2.45, 2.75) is 78.0 Å². The van der Waals surface area contributed by atoms with Gasteiger partial charge in [0.25, 0.3) is 0 Å². The van der Waals surface area contributed by atoms with Gasteiger partial charge in [-0.05, 0) is 64.5 Å². The Balaban J connectivity index is 2.17. The number of carbonyl (C=O) groups excluding carboxylic acids is 5. The molecule has 16 heteroatoms. The summed E-state index contributed by atoms with van der Waals surface area (Å²) in [6.07, 6.45) is -0.339. The molecule has 0 aliphatic rings. The summed E-state index contributed by atoms with van der Waals surface area (Å²) in [7, 11) is 0. The topological polar surface area (TPSA) is 152 Å². The average molecular weight is 687 g/mol. The molecule has 0 fully saturated rings. The molecule has 0 radical (unpaired) electrons. The summed E-state index contributed by atoms with van der Waals surface area (Å²) in [6.45, 7) is 7.44. The van der Waals surface area contributed by atoms with Crippen LogP contribution in [0.2, 0.25) is 0 Å². The van der Waals surface area contributed by atoms with Crippen LogP contribution < -0.4 is 26.0 Å². The highest BCUT2D eigenvalue weighted by atomic mass is 19.2. The van der Waals surface area contributed by atoms with E-state index in [1.54, 1.807) is 34.6 Å². The first-order valence-electron chi connectivity index (χ1n) is 15.0. The Morgan fingerprint density at radius 2 is 1.44 bits per heavy atom. The third-order valence-corrected chi connectivity index (χ3v) is 6.38. The van der Waals surface area contributed by atoms with Crippen molar-refractivity contribution in [2.75, 3.05) is 18.5 Å². The van der Waals surface area contributed by atoms with Gasteiger partial charge in [-0.3, -0.25) is 19.2 Å². The van der Waals surface area contributed by atoms with Crippen LogP contribution in [0.3, 0.4) is 0 Å². The maximum atomic E-state index is 14.1. The SMILES string of the molecule is CC(C)CC(NC(=O)C(=O)Nc1ccccc1F)C(=O)NC(CCCCNC(=O)OC(C)(C)C)C(=O)COc1c(F)c(F)cc(F)c1F. The Hall–Kier alpha value is -4.76. The Morgan fingerprint density at radius 1 is 0.812 bits per heavy atom. The molecule has 0 bridgehead atoms. The number of ketones is 1. The van der Waals surface area contributed by atoms with Gasteiger partial charge in [0.2, 0.25) is 17.5 Å². The normalized spacial score (nSPS) is 12.5. The number of hydrogen-bond donors (Lipinski definition) is 4. The largest absolute Gasteiger partial charge is 0.479 e. The van der Waals surface area contributed by atoms with Crippen molar-refractivity contribution < 1.29 is 55.4 Å². The maximum Gasteiger partial charge on any atom is 0.407 e. The molecular weight excluding hydrogens is 647 g/mol. The molecule has 0 aliphatic carbocycles. The predicted octanol–water partition coefficient (Wildman–Crippen LogP) is 4.68. The lowest BCUT2D eigenvalue weighted by Gasteiger charge is -2.24. The third-order valence-electron chi connectivity index (χ3n) is 6.38. The number of hydrogen-bond acceptors (Lipinski definition) is 7. The minimum absolute atomic E-state index is 0.0131. The zero-order valence-corrected chi connectivity index (χ0v) is 27.1. The first-order chi connectivity index (χ1) is 22.4. The van der Waals surface area contributed by atoms with E-state index in [2.05, 4.69) is 21.3 Å². The van der Waals surface area contributed by atoms with Crippen LogP contribution in [0.4, 0.5) is 32.4 Å². The third kappa shape index (κ3) is 12.8. The van der Waals surface area contributed by atoms with E-state index in [1.165, 1.54) is 18.2 Å². The summed E-state index contributed by atoms with van der Waals surface area (Å²) >= 11 is 0. The van der Waals surface area contributed by atoms with Crippen molar-refractivity contribution >= 4 is 35.3 Å². The fraction of sp³-hybridized carbons (Fsp3) is 0.469. The smallest absolute Gasteiger partial charge is 0.407 e. The molecule has 2 rings (SSSR count). The molecule has 0 saturated carbocycles. The number of para-hydroxylation sites is 1. The van der Waals surface area contributed by atoms with Gasteiger partial charge in [-0.25, -0.2) is 18.0 Å². The van der Waals surface area contributed by atoms with E-state index in [9.17, 15) is 45.9 Å². The van der Waals surface area contributed by atoms with Gasteiger partial charge in [-0.15, -0.1) is 0 Å². The zero-order chi connectivity index (χ0) is 36.2. The minimum atomic E-state index is -1.87. The number of Topliss-reactive ketones (excluding diaryl/α,β-unsaturated/α-hetero) is 1. The standard InChI is InChI=1S/C32H39F5N4O7/c1-17(2)14-23(41-30(45)29(44)39-21-11-7-6-10-18(21)33)28(43)40-22(12-8-9-13-38-31(46)48-32(3,4)5)24(42)16-47-27-25(36)19(34)15-20(35)26(27)37/h6-7,10-11,15,17,22-23H,8-9,12-14,16H2,1-5H3,(H,38,46)(H,39,44)(H,40,43)(H,41,45). The molecule has 2 unspecified atom stereocenters. The highest BCUT2D eigenvalue weighted by Gasteiger charge is 2.30. The van der Waals surface area contributed by atoms with Crippen molar-refractivity contribution in [3.8, 4) is 5.75 Å². The lowest BCUT2D eigenvalue weighted by Crippen LogP contribution is -2.54. The average Bonchev–Trinajstić information content (AvgIpc) is 2.98. The van der Waals surface area contributed by atoms with E-state index < -0.39 is 88.7 Å². The second-order valence-electron chi connectivity index (χ2n) is 12.1. The summed E-state index contributed by atoms with van der Waals surface area (Å²) in [6, 6.07) is 2.25. The van der Waals surface area contributed by atoms with Crippen molar-refractivity contribution in [1.82, 2.24) is 16.0 Å². The molecule has 264 valence electrons. The van der Waals surface area contributed by atoms with Crippen LogP contribution in [0.25, 0.3) is 0 Å². The van der Waals surface area contributed by atoms with E-state index in [1.807, 2.05) is 0 Å². The first-order valence-corrected chi connectivity index (χ1v) is 15.0. The lowest BCUT2D eigenvalue weighted by atomic mass is 10.0. The van der Waals surface area contributed by atoms with Crippen molar-refractivity contribution in [3.63, 3.8) is 0 Å². The van der Waals surface area contributed by atoms with Gasteiger partial charge in [0.15, 0.2) is 23.2 Å². The second-order valence-corrected chi connectivity index (χ2v) is 12.1. The van der Waals surface area contributed by atoms with Gasteiger partial charge in [0.1, 0.15) is 24.1 Å². The van der Waals surface area contributed by atoms with Gasteiger partial charge in [0.05, 0.1) is 11.7 Å². The Bertz CT molecular complexity index is 1460. The van der Waals surface area contributed by atoms with Gasteiger partial charge >= 0.3 is 17.9 Å². The van der Waals surface area contributed by atoms with Crippen LogP contribution in [0.5, 0.6) is 5.75 Å². The van der Waals surface area contributed by atoms with Crippen LogP contribution in [0.1, 0.15) is 60.3 Å². The molecule has 2 atom stereocenters. The van der Waals surface area contributed by atoms with Crippen molar-refractivity contribution in [3.05, 3.63) is 59.4 Å². The predicted molar refractivity (Wildman–Crippen MR) is 163 cm³/mol. The van der Waals surface area contributed by atoms with E-state index >= 15 is 0 Å². The van der Waals surface area contributed by atoms with Gasteiger partial charge in [0, 0.05) is 12.6 Å². The van der Waals surface area contributed by atoms with Gasteiger partial charge in [-0.2, -0.15) is 8.78 Å². The van der Waals surface area contributed by atoms with E-state index in [4.69, 9.17) is 9.47 Å². The minimum Gasteiger partial charge on any atom is -0.479 e. The molecule has 2 aromatic carbocycles. The monoisotopic (exact) mass is 686 g/mol. The summed E-state index contributed by atoms with van der Waals surface area (Å²) in [4.78, 5) is 63.5. The number of benzene rings is 2. The summed E-state index contributed by atoms with van der Waals surface area (Å²) in [5.74, 6) is -14.2. The summed E-state index contributed by atoms with van der Waals surface area (Å²) in [5, 5.41) is 9.29. The molecule has 0 aliphatic heterocycles. The van der Waals surface area contributed by atoms with E-state index in [0.29, 0.717) is 0 Å². The molecule has 11 nitrogen and oxygen atoms in total. The Morgan fingerprint density at radius 3 is 2.02 bits per heavy atom. The maximum absolute atomic E-state index is 14.1. The number of amides is 4. The molecule has 0 aromatic heterocycles. The van der Waals surface area contributed by atoms with Crippen LogP contribution in [0, 0.1) is 35.0 Å². The number of ether oxygens (including phenoxy) is 2. The number of carbonyl (C=O) groups is 5. The summed E-state index contributed by atoms with van der Waals surface area (Å²) < 4.78 is 79.4. The molecule has 0 saturated heterocycles. The highest BCUT2D eigenvalue weighted by molar-refractivity contribution is 6.40. The Kier molecular flexibility index (Phi) is 14.8. The second kappa shape index (κ2) is 18.0. The summed E-state index contributed by atoms with van der Waals surface area (Å²) in [5.41, 5.74) is -1.02. The Labute approximate surface area is 274 Å². The van der Waals surface area contributed by atoms with Crippen LogP contribution >= 0.6 is 0 Å². The number of halogens is 5. The van der Waals surface area contributed by atoms with E-state index in [-0.39, 0.29) is 49.9 Å². The number of nitrogens with one attached hydrogen (secondary N) is 4. The number of rotatable bonds is 15. The van der Waals surface area contributed by atoms with Gasteiger partial charge in [-0.1, -0.05) is 26.0 Å². The fourth-order valence-electron chi connectivity index (χ4n) is 4.15. The highest BCUT2D eigenvalue weighted by Crippen LogP contribution is 2.26. The number of anilines is 1. The molecule has 4 amide bonds. The molecule has 2 aromatic rings. The molecular formula is C32H39F5N4O7. The quantitative estimate of drug-likeness (QED) is 0.0920. The van der Waals surface area contributed by atoms with Crippen LogP contribution in [-0.2, 0) is 23.9 Å². The zero-order valence-electron chi connectivity index (χ0n) is 27.1. The van der Waals surface area contributed by atoms with Crippen LogP contribution in [0.15, 0.2) is 30.3 Å². The molecule has 4 N–H and O–H groups in total. The lowest BCUT2D eigenvalue weighted by molar-refractivity contribution is -0.138.